The maximum Gasteiger partial charge on any atom is 0.517 e. The quantitative estimate of drug-likeness (QED) is 0.426. The summed E-state index contributed by atoms with van der Waals surface area (Å²) in [6.45, 7) is 0. The van der Waals surface area contributed by atoms with Crippen LogP contribution < -0.4 is 4.31 Å². The van der Waals surface area contributed by atoms with E-state index >= 15 is 0 Å². The lowest BCUT2D eigenvalue weighted by atomic mass is 10.1. The van der Waals surface area contributed by atoms with E-state index in [1.165, 1.54) is 36.7 Å². The van der Waals surface area contributed by atoms with E-state index in [1.54, 1.807) is 30.3 Å². The van der Waals surface area contributed by atoms with E-state index in [9.17, 15) is 26.4 Å². The maximum atomic E-state index is 13.5. The molecular weight excluding hydrogens is 467 g/mol. The fourth-order valence-electron chi connectivity index (χ4n) is 3.11. The van der Waals surface area contributed by atoms with Crippen molar-refractivity contribution in [3.63, 3.8) is 0 Å². The van der Waals surface area contributed by atoms with Crippen molar-refractivity contribution in [1.82, 2.24) is 9.97 Å². The van der Waals surface area contributed by atoms with Crippen LogP contribution in [0.25, 0.3) is 22.2 Å². The molecule has 0 radical (unpaired) electrons. The maximum absolute atomic E-state index is 13.5. The Bertz CT molecular complexity index is 1420. The topological polar surface area (TPSA) is 83.1 Å². The van der Waals surface area contributed by atoms with Gasteiger partial charge in [-0.3, -0.25) is 4.79 Å². The van der Waals surface area contributed by atoms with Crippen molar-refractivity contribution in [3.8, 4) is 11.1 Å². The first-order valence-electron chi connectivity index (χ1n) is 9.03. The molecule has 1 N–H and O–H groups in total. The van der Waals surface area contributed by atoms with Crippen LogP contribution in [-0.4, -0.2) is 29.8 Å². The minimum Gasteiger partial charge on any atom is -0.345 e. The molecule has 4 aromatic rings. The number of alkyl halides is 3. The molecule has 0 atom stereocenters. The van der Waals surface area contributed by atoms with Crippen LogP contribution in [0.4, 0.5) is 18.9 Å². The number of amides is 1. The van der Waals surface area contributed by atoms with Crippen LogP contribution in [-0.2, 0) is 10.0 Å². The third-order valence-corrected chi connectivity index (χ3v) is 6.34. The van der Waals surface area contributed by atoms with E-state index in [2.05, 4.69) is 9.97 Å². The number of nitrogens with zero attached hydrogens (tertiary/aromatic N) is 2. The average Bonchev–Trinajstić information content (AvgIpc) is 3.21. The molecule has 1 amide bonds. The van der Waals surface area contributed by atoms with Crippen LogP contribution in [0.1, 0.15) is 10.4 Å². The van der Waals surface area contributed by atoms with Crippen molar-refractivity contribution < 1.29 is 26.4 Å². The summed E-state index contributed by atoms with van der Waals surface area (Å²) in [6, 6.07) is 15.5. The van der Waals surface area contributed by atoms with Crippen LogP contribution in [0.5, 0.6) is 0 Å². The lowest BCUT2D eigenvalue weighted by molar-refractivity contribution is -0.0437. The number of imidazole rings is 1. The van der Waals surface area contributed by atoms with E-state index < -0.39 is 27.1 Å². The molecular formula is C21H13ClF3N3O3S. The molecule has 0 aliphatic carbocycles. The summed E-state index contributed by atoms with van der Waals surface area (Å²) < 4.78 is 65.1. The Labute approximate surface area is 185 Å². The van der Waals surface area contributed by atoms with Crippen molar-refractivity contribution in [2.45, 2.75) is 5.51 Å². The Morgan fingerprint density at radius 3 is 2.38 bits per heavy atom. The predicted molar refractivity (Wildman–Crippen MR) is 115 cm³/mol. The zero-order valence-electron chi connectivity index (χ0n) is 16.0. The summed E-state index contributed by atoms with van der Waals surface area (Å²) in [5.74, 6) is -1.35. The van der Waals surface area contributed by atoms with E-state index in [1.807, 2.05) is 0 Å². The largest absolute Gasteiger partial charge is 0.517 e. The lowest BCUT2D eigenvalue weighted by Gasteiger charge is -2.24. The van der Waals surface area contributed by atoms with Crippen LogP contribution in [0.3, 0.4) is 0 Å². The van der Waals surface area contributed by atoms with E-state index in [-0.39, 0.29) is 9.87 Å². The van der Waals surface area contributed by atoms with Gasteiger partial charge in [0.25, 0.3) is 5.91 Å². The summed E-state index contributed by atoms with van der Waals surface area (Å²) in [5, 5.41) is 0.454. The number of nitrogens with one attached hydrogen (secondary N) is 1. The van der Waals surface area contributed by atoms with Crippen LogP contribution >= 0.6 is 11.6 Å². The normalized spacial score (nSPS) is 12.1. The number of carbonyl (C=O) groups is 1. The third-order valence-electron chi connectivity index (χ3n) is 4.64. The molecule has 4 rings (SSSR count). The Balaban J connectivity index is 1.86. The molecule has 1 heterocycles. The van der Waals surface area contributed by atoms with Crippen molar-refractivity contribution in [2.24, 2.45) is 0 Å². The van der Waals surface area contributed by atoms with Gasteiger partial charge in [0, 0.05) is 10.6 Å². The van der Waals surface area contributed by atoms with Gasteiger partial charge in [0.15, 0.2) is 0 Å². The van der Waals surface area contributed by atoms with Gasteiger partial charge in [0.05, 0.1) is 23.0 Å². The van der Waals surface area contributed by atoms with Crippen molar-refractivity contribution in [2.75, 3.05) is 4.31 Å². The number of fused-ring (bicyclic) bond motifs is 1. The van der Waals surface area contributed by atoms with Gasteiger partial charge in [0.1, 0.15) is 0 Å². The van der Waals surface area contributed by atoms with Crippen molar-refractivity contribution in [3.05, 3.63) is 83.6 Å². The smallest absolute Gasteiger partial charge is 0.345 e. The first-order chi connectivity index (χ1) is 15.1. The Morgan fingerprint density at radius 1 is 0.969 bits per heavy atom. The van der Waals surface area contributed by atoms with E-state index in [0.29, 0.717) is 27.2 Å². The van der Waals surface area contributed by atoms with E-state index in [4.69, 9.17) is 11.6 Å². The highest BCUT2D eigenvalue weighted by atomic mass is 35.5. The summed E-state index contributed by atoms with van der Waals surface area (Å²) in [6.07, 6.45) is 1.35. The second kappa shape index (κ2) is 7.95. The molecule has 0 unspecified atom stereocenters. The number of sulfonamides is 1. The molecule has 0 fully saturated rings. The zero-order valence-corrected chi connectivity index (χ0v) is 17.5. The number of hydrogen-bond donors (Lipinski definition) is 1. The standard InChI is InChI=1S/C21H13ClF3N3O3S/c22-16-7-4-13(5-8-16)14-2-1-3-17(10-14)28(32(30,31)21(23,24)25)20(29)15-6-9-18-19(11-15)27-12-26-18/h1-12H,(H,26,27). The van der Waals surface area contributed by atoms with Crippen molar-refractivity contribution in [1.29, 1.82) is 0 Å². The van der Waals surface area contributed by atoms with Gasteiger partial charge in [0.2, 0.25) is 0 Å². The summed E-state index contributed by atoms with van der Waals surface area (Å²) >= 11 is 5.87. The third kappa shape index (κ3) is 3.94. The highest BCUT2D eigenvalue weighted by Gasteiger charge is 2.52. The molecule has 11 heteroatoms. The fourth-order valence-corrected chi connectivity index (χ4v) is 4.16. The summed E-state index contributed by atoms with van der Waals surface area (Å²) in [4.78, 5) is 19.8. The molecule has 164 valence electrons. The number of aromatic amines is 1. The fraction of sp³-hybridized carbons (Fsp3) is 0.0476. The molecule has 0 spiro atoms. The zero-order chi connectivity index (χ0) is 23.1. The van der Waals surface area contributed by atoms with Gasteiger partial charge >= 0.3 is 15.5 Å². The molecule has 0 saturated heterocycles. The second-order valence-corrected chi connectivity index (χ2v) is 8.93. The first kappa shape index (κ1) is 21.8. The Morgan fingerprint density at radius 2 is 1.69 bits per heavy atom. The van der Waals surface area contributed by atoms with Crippen LogP contribution in [0.2, 0.25) is 5.02 Å². The molecule has 6 nitrogen and oxygen atoms in total. The Hall–Kier alpha value is -3.37. The van der Waals surface area contributed by atoms with Crippen LogP contribution in [0, 0.1) is 0 Å². The summed E-state index contributed by atoms with van der Waals surface area (Å²) in [5.41, 5.74) is -4.59. The number of H-pyrrole nitrogens is 1. The Kier molecular flexibility index (Phi) is 5.43. The van der Waals surface area contributed by atoms with Gasteiger partial charge in [-0.2, -0.15) is 25.9 Å². The minimum atomic E-state index is -6.05. The molecule has 3 aromatic carbocycles. The highest BCUT2D eigenvalue weighted by Crippen LogP contribution is 2.34. The number of rotatable bonds is 4. The number of hydrogen-bond acceptors (Lipinski definition) is 4. The number of benzene rings is 3. The monoisotopic (exact) mass is 479 g/mol. The van der Waals surface area contributed by atoms with Crippen LogP contribution in [0.15, 0.2) is 73.1 Å². The second-order valence-electron chi connectivity index (χ2n) is 6.71. The van der Waals surface area contributed by atoms with Gasteiger partial charge in [-0.15, -0.1) is 0 Å². The SMILES string of the molecule is O=C(c1ccc2nc[nH]c2c1)N(c1cccc(-c2ccc(Cl)cc2)c1)S(=O)(=O)C(F)(F)F. The molecule has 0 bridgehead atoms. The molecule has 0 aliphatic rings. The van der Waals surface area contributed by atoms with Gasteiger partial charge in [-0.25, -0.2) is 4.98 Å². The summed E-state index contributed by atoms with van der Waals surface area (Å²) in [7, 11) is -6.05. The highest BCUT2D eigenvalue weighted by molar-refractivity contribution is 7.94. The minimum absolute atomic E-state index is 0.232. The number of anilines is 1. The molecule has 32 heavy (non-hydrogen) atoms. The van der Waals surface area contributed by atoms with E-state index in [0.717, 1.165) is 6.07 Å². The average molecular weight is 480 g/mol. The van der Waals surface area contributed by atoms with Gasteiger partial charge in [-0.1, -0.05) is 35.9 Å². The molecule has 0 saturated carbocycles. The molecule has 0 aliphatic heterocycles. The lowest BCUT2D eigenvalue weighted by Crippen LogP contribution is -2.44. The number of aromatic nitrogens is 2. The van der Waals surface area contributed by atoms with Gasteiger partial charge in [-0.05, 0) is 53.6 Å². The predicted octanol–water partition coefficient (Wildman–Crippen LogP) is 5.38. The molecule has 1 aromatic heterocycles. The first-order valence-corrected chi connectivity index (χ1v) is 10.8. The number of halogens is 4. The van der Waals surface area contributed by atoms with Gasteiger partial charge < -0.3 is 4.98 Å². The number of carbonyl (C=O) groups excluding carboxylic acids is 1. The van der Waals surface area contributed by atoms with Crippen molar-refractivity contribution >= 4 is 44.3 Å².